The summed E-state index contributed by atoms with van der Waals surface area (Å²) in [6, 6.07) is 4.93. The van der Waals surface area contributed by atoms with E-state index in [1.165, 1.54) is 21.1 Å². The van der Waals surface area contributed by atoms with Crippen molar-refractivity contribution in [3.05, 3.63) is 34.6 Å². The summed E-state index contributed by atoms with van der Waals surface area (Å²) in [7, 11) is 3.02. The largest absolute Gasteiger partial charge is 0.493 e. The highest BCUT2D eigenvalue weighted by atomic mass is 35.5. The number of halogens is 1. The van der Waals surface area contributed by atoms with E-state index in [-0.39, 0.29) is 10.7 Å². The molecule has 8 nitrogen and oxygen atoms in total. The minimum Gasteiger partial charge on any atom is -0.493 e. The summed E-state index contributed by atoms with van der Waals surface area (Å²) in [5.74, 6) is 0.122. The van der Waals surface area contributed by atoms with Gasteiger partial charge in [-0.15, -0.1) is 0 Å². The van der Waals surface area contributed by atoms with Gasteiger partial charge in [-0.3, -0.25) is 9.48 Å². The summed E-state index contributed by atoms with van der Waals surface area (Å²) in [5, 5.41) is 7.17. The second-order valence-electron chi connectivity index (χ2n) is 6.93. The summed E-state index contributed by atoms with van der Waals surface area (Å²) in [5.41, 5.74) is 1.10. The zero-order valence-corrected chi connectivity index (χ0v) is 18.2. The Morgan fingerprint density at radius 1 is 1.17 bits per heavy atom. The number of benzene rings is 1. The van der Waals surface area contributed by atoms with Crippen molar-refractivity contribution in [1.29, 1.82) is 0 Å². The molecule has 0 bridgehead atoms. The molecule has 0 saturated heterocycles. The summed E-state index contributed by atoms with van der Waals surface area (Å²) in [4.78, 5) is 25.0. The van der Waals surface area contributed by atoms with Gasteiger partial charge in [0, 0.05) is 18.3 Å². The Morgan fingerprint density at radius 3 is 2.41 bits per heavy atom. The van der Waals surface area contributed by atoms with Gasteiger partial charge in [0.2, 0.25) is 0 Å². The van der Waals surface area contributed by atoms with E-state index in [0.717, 1.165) is 0 Å². The molecular weight excluding hydrogens is 398 g/mol. The molecule has 2 rings (SSSR count). The van der Waals surface area contributed by atoms with Gasteiger partial charge in [-0.05, 0) is 31.9 Å². The lowest BCUT2D eigenvalue weighted by molar-refractivity contribution is -0.123. The van der Waals surface area contributed by atoms with Crippen molar-refractivity contribution in [1.82, 2.24) is 9.78 Å². The number of aryl methyl sites for hydroxylation is 1. The molecule has 1 heterocycles. The number of carbonyl (C=O) groups is 2. The van der Waals surface area contributed by atoms with Crippen LogP contribution in [0.15, 0.2) is 18.2 Å². The first-order valence-corrected chi connectivity index (χ1v) is 9.52. The average molecular weight is 424 g/mol. The van der Waals surface area contributed by atoms with E-state index in [4.69, 9.17) is 25.8 Å². The van der Waals surface area contributed by atoms with Crippen molar-refractivity contribution in [3.8, 4) is 11.5 Å². The van der Waals surface area contributed by atoms with Gasteiger partial charge in [-0.2, -0.15) is 5.10 Å². The maximum Gasteiger partial charge on any atom is 0.343 e. The van der Waals surface area contributed by atoms with Crippen LogP contribution >= 0.6 is 11.6 Å². The van der Waals surface area contributed by atoms with Gasteiger partial charge in [-0.25, -0.2) is 4.79 Å². The Balaban J connectivity index is 2.08. The highest BCUT2D eigenvalue weighted by Gasteiger charge is 2.26. The molecule has 9 heteroatoms. The molecule has 1 aromatic heterocycles. The van der Waals surface area contributed by atoms with Crippen LogP contribution in [0.1, 0.15) is 36.8 Å². The topological polar surface area (TPSA) is 91.7 Å². The number of carbonyl (C=O) groups excluding carboxylic acids is 2. The molecule has 0 aliphatic rings. The van der Waals surface area contributed by atoms with Crippen molar-refractivity contribution in [2.45, 2.75) is 40.3 Å². The fourth-order valence-electron chi connectivity index (χ4n) is 2.68. The normalized spacial score (nSPS) is 11.9. The van der Waals surface area contributed by atoms with Gasteiger partial charge >= 0.3 is 5.97 Å². The van der Waals surface area contributed by atoms with E-state index in [2.05, 4.69) is 10.4 Å². The summed E-state index contributed by atoms with van der Waals surface area (Å²) in [6.07, 6.45) is -1.04. The van der Waals surface area contributed by atoms with Gasteiger partial charge in [0.15, 0.2) is 17.6 Å². The molecule has 158 valence electrons. The van der Waals surface area contributed by atoms with E-state index in [0.29, 0.717) is 35.3 Å². The Kier molecular flexibility index (Phi) is 7.50. The number of hydrogen-bond acceptors (Lipinski definition) is 6. The fourth-order valence-corrected chi connectivity index (χ4v) is 3.00. The second kappa shape index (κ2) is 9.65. The van der Waals surface area contributed by atoms with Crippen molar-refractivity contribution in [2.75, 3.05) is 19.5 Å². The highest BCUT2D eigenvalue weighted by molar-refractivity contribution is 6.32. The second-order valence-corrected chi connectivity index (χ2v) is 7.29. The smallest absolute Gasteiger partial charge is 0.343 e. The maximum atomic E-state index is 12.6. The van der Waals surface area contributed by atoms with Gasteiger partial charge in [0.25, 0.3) is 5.91 Å². The first-order valence-electron chi connectivity index (χ1n) is 9.14. The molecule has 0 aliphatic heterocycles. The predicted molar refractivity (Wildman–Crippen MR) is 110 cm³/mol. The third-order valence-electron chi connectivity index (χ3n) is 4.11. The maximum absolute atomic E-state index is 12.6. The molecule has 0 fully saturated rings. The lowest BCUT2D eigenvalue weighted by atomic mass is 10.2. The molecule has 1 amide bonds. The van der Waals surface area contributed by atoms with Gasteiger partial charge < -0.3 is 19.5 Å². The third-order valence-corrected chi connectivity index (χ3v) is 4.50. The fraction of sp³-hybridized carbons (Fsp3) is 0.450. The number of methoxy groups -OCH3 is 2. The van der Waals surface area contributed by atoms with Gasteiger partial charge in [0.1, 0.15) is 10.7 Å². The van der Waals surface area contributed by atoms with Gasteiger partial charge in [-0.1, -0.05) is 25.4 Å². The van der Waals surface area contributed by atoms with Crippen LogP contribution in [0.25, 0.3) is 0 Å². The molecule has 1 atom stereocenters. The number of nitrogens with zero attached hydrogens (tertiary/aromatic N) is 2. The summed E-state index contributed by atoms with van der Waals surface area (Å²) in [6.45, 7) is 7.77. The van der Waals surface area contributed by atoms with Crippen LogP contribution in [0.5, 0.6) is 11.5 Å². The van der Waals surface area contributed by atoms with Crippen LogP contribution < -0.4 is 14.8 Å². The molecule has 0 spiro atoms. The monoisotopic (exact) mass is 423 g/mol. The zero-order valence-electron chi connectivity index (χ0n) is 17.4. The van der Waals surface area contributed by atoms with Gasteiger partial charge in [0.05, 0.1) is 19.9 Å². The molecular formula is C20H26ClN3O5. The molecule has 29 heavy (non-hydrogen) atoms. The molecule has 1 aromatic carbocycles. The number of nitrogens with one attached hydrogen (secondary N) is 1. The SMILES string of the molecule is COc1ccc(NC(=O)[C@H](C)OC(=O)c2c(C)nn(CC(C)C)c2Cl)cc1OC. The summed E-state index contributed by atoms with van der Waals surface area (Å²) >= 11 is 6.30. The predicted octanol–water partition coefficient (Wildman–Crippen LogP) is 3.70. The zero-order chi connectivity index (χ0) is 21.7. The Labute approximate surface area is 175 Å². The number of hydrogen-bond donors (Lipinski definition) is 1. The third kappa shape index (κ3) is 5.41. The van der Waals surface area contributed by atoms with Crippen LogP contribution in [-0.2, 0) is 16.1 Å². The number of rotatable bonds is 8. The molecule has 0 radical (unpaired) electrons. The molecule has 0 aliphatic carbocycles. The lowest BCUT2D eigenvalue weighted by Gasteiger charge is -2.15. The number of amides is 1. The minimum atomic E-state index is -1.04. The molecule has 2 aromatic rings. The Hall–Kier alpha value is -2.74. The van der Waals surface area contributed by atoms with E-state index < -0.39 is 18.0 Å². The van der Waals surface area contributed by atoms with Crippen molar-refractivity contribution < 1.29 is 23.8 Å². The highest BCUT2D eigenvalue weighted by Crippen LogP contribution is 2.30. The van der Waals surface area contributed by atoms with Crippen LogP contribution in [0.4, 0.5) is 5.69 Å². The van der Waals surface area contributed by atoms with Crippen LogP contribution in [0.2, 0.25) is 5.15 Å². The van der Waals surface area contributed by atoms with E-state index in [1.807, 2.05) is 13.8 Å². The van der Waals surface area contributed by atoms with E-state index >= 15 is 0 Å². The van der Waals surface area contributed by atoms with E-state index in [1.54, 1.807) is 29.8 Å². The van der Waals surface area contributed by atoms with Crippen LogP contribution in [0.3, 0.4) is 0 Å². The van der Waals surface area contributed by atoms with Crippen molar-refractivity contribution >= 4 is 29.2 Å². The Morgan fingerprint density at radius 2 is 1.83 bits per heavy atom. The summed E-state index contributed by atoms with van der Waals surface area (Å²) < 4.78 is 17.2. The Bertz CT molecular complexity index is 894. The van der Waals surface area contributed by atoms with Crippen LogP contribution in [0, 0.1) is 12.8 Å². The number of ether oxygens (including phenoxy) is 3. The average Bonchev–Trinajstić information content (AvgIpc) is 2.93. The first kappa shape index (κ1) is 22.5. The van der Waals surface area contributed by atoms with Crippen molar-refractivity contribution in [3.63, 3.8) is 0 Å². The first-order chi connectivity index (χ1) is 13.7. The quantitative estimate of drug-likeness (QED) is 0.651. The number of esters is 1. The minimum absolute atomic E-state index is 0.165. The van der Waals surface area contributed by atoms with Crippen molar-refractivity contribution in [2.24, 2.45) is 5.92 Å². The van der Waals surface area contributed by atoms with Crippen LogP contribution in [-0.4, -0.2) is 42.0 Å². The molecule has 0 unspecified atom stereocenters. The number of aromatic nitrogens is 2. The van der Waals surface area contributed by atoms with E-state index in [9.17, 15) is 9.59 Å². The lowest BCUT2D eigenvalue weighted by Crippen LogP contribution is -2.30. The molecule has 0 saturated carbocycles. The standard InChI is InChI=1S/C20H26ClN3O5/c1-11(2)10-24-18(21)17(12(3)23-24)20(26)29-13(4)19(25)22-14-7-8-15(27-5)16(9-14)28-6/h7-9,11,13H,10H2,1-6H3,(H,22,25)/t13-/m0/s1. The molecule has 1 N–H and O–H groups in total. The number of anilines is 1.